The van der Waals surface area contributed by atoms with Gasteiger partial charge in [-0.2, -0.15) is 5.10 Å². The van der Waals surface area contributed by atoms with Crippen molar-refractivity contribution in [1.29, 1.82) is 0 Å². The van der Waals surface area contributed by atoms with Gasteiger partial charge in [0.1, 0.15) is 0 Å². The largest absolute Gasteiger partial charge is 0.354 e. The van der Waals surface area contributed by atoms with E-state index in [1.165, 1.54) is 6.42 Å². The molecule has 1 fully saturated rings. The first-order valence-electron chi connectivity index (χ1n) is 6.25. The molecule has 1 aromatic heterocycles. The Labute approximate surface area is 102 Å². The molecule has 1 aliphatic rings. The summed E-state index contributed by atoms with van der Waals surface area (Å²) in [7, 11) is 1.92. The SMILES string of the molecule is Cn1nccc1CCNC(=O)[C@H]1CCCCN1. The highest BCUT2D eigenvalue weighted by molar-refractivity contribution is 5.81. The van der Waals surface area contributed by atoms with Gasteiger partial charge in [-0.1, -0.05) is 6.42 Å². The molecule has 1 aromatic rings. The van der Waals surface area contributed by atoms with Gasteiger partial charge in [-0.05, 0) is 25.5 Å². The fourth-order valence-electron chi connectivity index (χ4n) is 2.16. The molecule has 5 nitrogen and oxygen atoms in total. The summed E-state index contributed by atoms with van der Waals surface area (Å²) in [5.41, 5.74) is 1.14. The number of hydrogen-bond donors (Lipinski definition) is 2. The normalized spacial score (nSPS) is 20.2. The Hall–Kier alpha value is -1.36. The van der Waals surface area contributed by atoms with Crippen LogP contribution in [0.25, 0.3) is 0 Å². The maximum absolute atomic E-state index is 11.8. The zero-order valence-corrected chi connectivity index (χ0v) is 10.3. The molecule has 2 heterocycles. The maximum Gasteiger partial charge on any atom is 0.237 e. The summed E-state index contributed by atoms with van der Waals surface area (Å²) >= 11 is 0. The zero-order valence-electron chi connectivity index (χ0n) is 10.3. The molecule has 0 saturated carbocycles. The van der Waals surface area contributed by atoms with Crippen LogP contribution in [0.3, 0.4) is 0 Å². The number of hydrogen-bond acceptors (Lipinski definition) is 3. The molecule has 0 bridgehead atoms. The highest BCUT2D eigenvalue weighted by Crippen LogP contribution is 2.06. The van der Waals surface area contributed by atoms with Crippen molar-refractivity contribution >= 4 is 5.91 Å². The van der Waals surface area contributed by atoms with E-state index in [9.17, 15) is 4.79 Å². The van der Waals surface area contributed by atoms with Crippen LogP contribution < -0.4 is 10.6 Å². The molecule has 17 heavy (non-hydrogen) atoms. The molecule has 0 spiro atoms. The van der Waals surface area contributed by atoms with Gasteiger partial charge >= 0.3 is 0 Å². The van der Waals surface area contributed by atoms with E-state index in [0.717, 1.165) is 31.5 Å². The predicted octanol–water partition coefficient (Wildman–Crippen LogP) is 0.221. The smallest absolute Gasteiger partial charge is 0.237 e. The first kappa shape index (κ1) is 12.1. The van der Waals surface area contributed by atoms with E-state index < -0.39 is 0 Å². The van der Waals surface area contributed by atoms with Crippen LogP contribution in [-0.4, -0.2) is 34.8 Å². The van der Waals surface area contributed by atoms with Crippen LogP contribution in [0.4, 0.5) is 0 Å². The van der Waals surface area contributed by atoms with E-state index in [-0.39, 0.29) is 11.9 Å². The molecule has 1 aliphatic heterocycles. The van der Waals surface area contributed by atoms with E-state index in [2.05, 4.69) is 15.7 Å². The second-order valence-corrected chi connectivity index (χ2v) is 4.49. The highest BCUT2D eigenvalue weighted by atomic mass is 16.2. The van der Waals surface area contributed by atoms with Crippen molar-refractivity contribution in [1.82, 2.24) is 20.4 Å². The van der Waals surface area contributed by atoms with Gasteiger partial charge in [0, 0.05) is 31.9 Å². The molecule has 0 radical (unpaired) electrons. The number of carbonyl (C=O) groups is 1. The Morgan fingerprint density at radius 1 is 1.65 bits per heavy atom. The molecule has 0 aromatic carbocycles. The van der Waals surface area contributed by atoms with Gasteiger partial charge in [0.25, 0.3) is 0 Å². The van der Waals surface area contributed by atoms with Crippen molar-refractivity contribution < 1.29 is 4.79 Å². The van der Waals surface area contributed by atoms with Gasteiger partial charge in [-0.3, -0.25) is 9.48 Å². The van der Waals surface area contributed by atoms with Gasteiger partial charge in [0.15, 0.2) is 0 Å². The number of aryl methyl sites for hydroxylation is 1. The summed E-state index contributed by atoms with van der Waals surface area (Å²) < 4.78 is 1.84. The van der Waals surface area contributed by atoms with Crippen LogP contribution in [0.15, 0.2) is 12.3 Å². The van der Waals surface area contributed by atoms with E-state index in [0.29, 0.717) is 6.54 Å². The molecule has 94 valence electrons. The molecule has 0 aliphatic carbocycles. The average molecular weight is 236 g/mol. The molecule has 1 amide bonds. The zero-order chi connectivity index (χ0) is 12.1. The number of nitrogens with one attached hydrogen (secondary N) is 2. The number of piperidine rings is 1. The summed E-state index contributed by atoms with van der Waals surface area (Å²) in [5, 5.41) is 10.3. The lowest BCUT2D eigenvalue weighted by Crippen LogP contribution is -2.47. The number of carbonyl (C=O) groups excluding carboxylic acids is 1. The van der Waals surface area contributed by atoms with Crippen LogP contribution in [0.5, 0.6) is 0 Å². The summed E-state index contributed by atoms with van der Waals surface area (Å²) in [5.74, 6) is 0.131. The molecular weight excluding hydrogens is 216 g/mol. The van der Waals surface area contributed by atoms with Gasteiger partial charge in [0.05, 0.1) is 6.04 Å². The lowest BCUT2D eigenvalue weighted by Gasteiger charge is -2.22. The molecule has 5 heteroatoms. The second kappa shape index (κ2) is 5.82. The molecule has 1 saturated heterocycles. The fraction of sp³-hybridized carbons (Fsp3) is 0.667. The van der Waals surface area contributed by atoms with Crippen LogP contribution in [0.1, 0.15) is 25.0 Å². The molecule has 2 N–H and O–H groups in total. The predicted molar refractivity (Wildman–Crippen MR) is 65.6 cm³/mol. The van der Waals surface area contributed by atoms with Crippen molar-refractivity contribution in [3.05, 3.63) is 18.0 Å². The van der Waals surface area contributed by atoms with Crippen LogP contribution >= 0.6 is 0 Å². The third-order valence-electron chi connectivity index (χ3n) is 3.23. The first-order valence-corrected chi connectivity index (χ1v) is 6.25. The van der Waals surface area contributed by atoms with Gasteiger partial charge < -0.3 is 10.6 Å². The fourth-order valence-corrected chi connectivity index (χ4v) is 2.16. The number of amides is 1. The third-order valence-corrected chi connectivity index (χ3v) is 3.23. The second-order valence-electron chi connectivity index (χ2n) is 4.49. The lowest BCUT2D eigenvalue weighted by atomic mass is 10.0. The van der Waals surface area contributed by atoms with Crippen LogP contribution in [-0.2, 0) is 18.3 Å². The van der Waals surface area contributed by atoms with Crippen LogP contribution in [0, 0.1) is 0 Å². The van der Waals surface area contributed by atoms with Crippen molar-refractivity contribution in [2.24, 2.45) is 7.05 Å². The Morgan fingerprint density at radius 2 is 2.53 bits per heavy atom. The summed E-state index contributed by atoms with van der Waals surface area (Å²) in [4.78, 5) is 11.8. The average Bonchev–Trinajstić information content (AvgIpc) is 2.76. The monoisotopic (exact) mass is 236 g/mol. The first-order chi connectivity index (χ1) is 8.27. The summed E-state index contributed by atoms with van der Waals surface area (Å²) in [6, 6.07) is 1.99. The lowest BCUT2D eigenvalue weighted by molar-refractivity contribution is -0.123. The van der Waals surface area contributed by atoms with Crippen LogP contribution in [0.2, 0.25) is 0 Å². The van der Waals surface area contributed by atoms with Crippen molar-refractivity contribution in [3.8, 4) is 0 Å². The molecule has 0 unspecified atom stereocenters. The molecule has 1 atom stereocenters. The minimum atomic E-state index is 0.00953. The Balaban J connectivity index is 1.71. The quantitative estimate of drug-likeness (QED) is 0.786. The Bertz CT molecular complexity index is 368. The van der Waals surface area contributed by atoms with Gasteiger partial charge in [-0.15, -0.1) is 0 Å². The number of rotatable bonds is 4. The van der Waals surface area contributed by atoms with Gasteiger partial charge in [-0.25, -0.2) is 0 Å². The minimum absolute atomic E-state index is 0.00953. The Morgan fingerprint density at radius 3 is 3.18 bits per heavy atom. The number of nitrogens with zero attached hydrogens (tertiary/aromatic N) is 2. The Kier molecular flexibility index (Phi) is 4.14. The highest BCUT2D eigenvalue weighted by Gasteiger charge is 2.19. The molecular formula is C12H20N4O. The standard InChI is InChI=1S/C12H20N4O/c1-16-10(6-9-15-16)5-8-14-12(17)11-4-2-3-7-13-11/h6,9,11,13H,2-5,7-8H2,1H3,(H,14,17)/t11-/m1/s1. The number of aromatic nitrogens is 2. The summed E-state index contributed by atoms with van der Waals surface area (Å²) in [6.07, 6.45) is 5.89. The van der Waals surface area contributed by atoms with Crippen molar-refractivity contribution in [2.75, 3.05) is 13.1 Å². The topological polar surface area (TPSA) is 59.0 Å². The molecule has 2 rings (SSSR count). The minimum Gasteiger partial charge on any atom is -0.354 e. The van der Waals surface area contributed by atoms with E-state index >= 15 is 0 Å². The van der Waals surface area contributed by atoms with Crippen molar-refractivity contribution in [2.45, 2.75) is 31.7 Å². The summed E-state index contributed by atoms with van der Waals surface area (Å²) in [6.45, 7) is 1.64. The third kappa shape index (κ3) is 3.30. The maximum atomic E-state index is 11.8. The van der Waals surface area contributed by atoms with E-state index in [1.807, 2.05) is 17.8 Å². The van der Waals surface area contributed by atoms with E-state index in [1.54, 1.807) is 6.20 Å². The van der Waals surface area contributed by atoms with E-state index in [4.69, 9.17) is 0 Å². The van der Waals surface area contributed by atoms with Crippen molar-refractivity contribution in [3.63, 3.8) is 0 Å². The van der Waals surface area contributed by atoms with Gasteiger partial charge in [0.2, 0.25) is 5.91 Å².